The Hall–Kier alpha value is -1.26. The zero-order chi connectivity index (χ0) is 12.8. The molecule has 0 aliphatic carbocycles. The maximum absolute atomic E-state index is 5.93. The van der Waals surface area contributed by atoms with Crippen LogP contribution in [0.2, 0.25) is 0 Å². The van der Waals surface area contributed by atoms with Gasteiger partial charge >= 0.3 is 0 Å². The second-order valence-electron chi connectivity index (χ2n) is 4.48. The third kappa shape index (κ3) is 3.37. The average molecular weight is 251 g/mol. The summed E-state index contributed by atoms with van der Waals surface area (Å²) in [5.41, 5.74) is 6.72. The van der Waals surface area contributed by atoms with E-state index in [-0.39, 0.29) is 6.10 Å². The van der Waals surface area contributed by atoms with E-state index < -0.39 is 0 Å². The molecular formula is C14H21NO3. The molecule has 0 aromatic heterocycles. The first-order valence-electron chi connectivity index (χ1n) is 6.45. The summed E-state index contributed by atoms with van der Waals surface area (Å²) < 4.78 is 16.7. The number of nitrogens with two attached hydrogens (primary N) is 1. The number of ether oxygens (including phenoxy) is 3. The third-order valence-electron chi connectivity index (χ3n) is 3.07. The Morgan fingerprint density at radius 1 is 1.39 bits per heavy atom. The number of methoxy groups -OCH3 is 1. The lowest BCUT2D eigenvalue weighted by molar-refractivity contribution is 0.00643. The van der Waals surface area contributed by atoms with Crippen LogP contribution in [-0.4, -0.2) is 33.0 Å². The lowest BCUT2D eigenvalue weighted by Gasteiger charge is -2.24. The number of hydrogen-bond donors (Lipinski definition) is 1. The number of rotatable bonds is 5. The molecule has 1 aliphatic heterocycles. The Morgan fingerprint density at radius 3 is 2.94 bits per heavy atom. The maximum Gasteiger partial charge on any atom is 0.161 e. The van der Waals surface area contributed by atoms with Crippen molar-refractivity contribution in [3.63, 3.8) is 0 Å². The quantitative estimate of drug-likeness (QED) is 0.866. The molecule has 1 aromatic carbocycles. The van der Waals surface area contributed by atoms with Gasteiger partial charge < -0.3 is 19.9 Å². The van der Waals surface area contributed by atoms with Gasteiger partial charge in [-0.1, -0.05) is 6.07 Å². The van der Waals surface area contributed by atoms with Crippen molar-refractivity contribution >= 4 is 0 Å². The molecule has 0 bridgehead atoms. The predicted octanol–water partition coefficient (Wildman–Crippen LogP) is 1.75. The second kappa shape index (κ2) is 6.61. The van der Waals surface area contributed by atoms with Crippen molar-refractivity contribution in [1.29, 1.82) is 0 Å². The van der Waals surface area contributed by atoms with Crippen molar-refractivity contribution in [2.45, 2.75) is 25.4 Å². The molecule has 1 unspecified atom stereocenters. The first-order chi connectivity index (χ1) is 8.83. The van der Waals surface area contributed by atoms with E-state index in [9.17, 15) is 0 Å². The highest BCUT2D eigenvalue weighted by atomic mass is 16.5. The summed E-state index contributed by atoms with van der Waals surface area (Å²) >= 11 is 0. The summed E-state index contributed by atoms with van der Waals surface area (Å²) in [5, 5.41) is 0. The fourth-order valence-electron chi connectivity index (χ4n) is 2.12. The summed E-state index contributed by atoms with van der Waals surface area (Å²) in [7, 11) is 1.66. The van der Waals surface area contributed by atoms with Crippen molar-refractivity contribution in [3.8, 4) is 11.5 Å². The van der Waals surface area contributed by atoms with Gasteiger partial charge in [-0.3, -0.25) is 0 Å². The van der Waals surface area contributed by atoms with Crippen molar-refractivity contribution in [1.82, 2.24) is 0 Å². The summed E-state index contributed by atoms with van der Waals surface area (Å²) in [5.74, 6) is 1.56. The van der Waals surface area contributed by atoms with Crippen LogP contribution in [0.1, 0.15) is 18.4 Å². The molecule has 2 rings (SSSR count). The van der Waals surface area contributed by atoms with Gasteiger partial charge in [-0.25, -0.2) is 0 Å². The molecule has 1 saturated heterocycles. The minimum atomic E-state index is 0.132. The van der Waals surface area contributed by atoms with E-state index in [1.807, 2.05) is 18.2 Å². The van der Waals surface area contributed by atoms with Gasteiger partial charge in [0, 0.05) is 6.61 Å². The SMILES string of the molecule is COc1cc(CCN)ccc1OC1CCCOC1. The van der Waals surface area contributed by atoms with Gasteiger partial charge in [-0.05, 0) is 43.5 Å². The van der Waals surface area contributed by atoms with Crippen LogP contribution < -0.4 is 15.2 Å². The molecule has 1 heterocycles. The highest BCUT2D eigenvalue weighted by Gasteiger charge is 2.17. The molecule has 0 saturated carbocycles. The van der Waals surface area contributed by atoms with Crippen LogP contribution >= 0.6 is 0 Å². The second-order valence-corrected chi connectivity index (χ2v) is 4.48. The summed E-state index contributed by atoms with van der Waals surface area (Å²) in [6, 6.07) is 5.98. The van der Waals surface area contributed by atoms with Crippen molar-refractivity contribution in [2.75, 3.05) is 26.9 Å². The molecule has 2 N–H and O–H groups in total. The van der Waals surface area contributed by atoms with Crippen LogP contribution in [0.4, 0.5) is 0 Å². The third-order valence-corrected chi connectivity index (χ3v) is 3.07. The van der Waals surface area contributed by atoms with Gasteiger partial charge in [0.1, 0.15) is 6.10 Å². The molecule has 0 radical (unpaired) electrons. The van der Waals surface area contributed by atoms with Crippen molar-refractivity contribution in [2.24, 2.45) is 5.73 Å². The molecule has 1 aromatic rings. The van der Waals surface area contributed by atoms with E-state index in [0.717, 1.165) is 37.4 Å². The minimum Gasteiger partial charge on any atom is -0.493 e. The van der Waals surface area contributed by atoms with Gasteiger partial charge in [-0.2, -0.15) is 0 Å². The van der Waals surface area contributed by atoms with Gasteiger partial charge in [0.05, 0.1) is 13.7 Å². The Kier molecular flexibility index (Phi) is 4.84. The molecule has 4 heteroatoms. The van der Waals surface area contributed by atoms with E-state index in [4.69, 9.17) is 19.9 Å². The molecule has 0 spiro atoms. The lowest BCUT2D eigenvalue weighted by atomic mass is 10.1. The smallest absolute Gasteiger partial charge is 0.161 e. The molecule has 18 heavy (non-hydrogen) atoms. The van der Waals surface area contributed by atoms with Crippen molar-refractivity contribution in [3.05, 3.63) is 23.8 Å². The van der Waals surface area contributed by atoms with E-state index in [0.29, 0.717) is 13.2 Å². The Labute approximate surface area is 108 Å². The van der Waals surface area contributed by atoms with Crippen LogP contribution in [0.25, 0.3) is 0 Å². The highest BCUT2D eigenvalue weighted by molar-refractivity contribution is 5.43. The van der Waals surface area contributed by atoms with E-state index in [2.05, 4.69) is 0 Å². The monoisotopic (exact) mass is 251 g/mol. The Bertz CT molecular complexity index is 375. The topological polar surface area (TPSA) is 53.7 Å². The zero-order valence-electron chi connectivity index (χ0n) is 10.9. The molecule has 1 atom stereocenters. The van der Waals surface area contributed by atoms with Crippen LogP contribution in [0.15, 0.2) is 18.2 Å². The molecule has 100 valence electrons. The molecule has 4 nitrogen and oxygen atoms in total. The summed E-state index contributed by atoms with van der Waals surface area (Å²) in [6.45, 7) is 2.14. The normalized spacial score (nSPS) is 19.6. The Morgan fingerprint density at radius 2 is 2.28 bits per heavy atom. The van der Waals surface area contributed by atoms with E-state index in [1.54, 1.807) is 7.11 Å². The molecular weight excluding hydrogens is 230 g/mol. The van der Waals surface area contributed by atoms with Gasteiger partial charge in [0.15, 0.2) is 11.5 Å². The zero-order valence-corrected chi connectivity index (χ0v) is 10.9. The van der Waals surface area contributed by atoms with Crippen LogP contribution in [0, 0.1) is 0 Å². The molecule has 1 aliphatic rings. The van der Waals surface area contributed by atoms with E-state index in [1.165, 1.54) is 5.56 Å². The highest BCUT2D eigenvalue weighted by Crippen LogP contribution is 2.30. The molecule has 0 amide bonds. The van der Waals surface area contributed by atoms with Crippen LogP contribution in [0.5, 0.6) is 11.5 Å². The van der Waals surface area contributed by atoms with Gasteiger partial charge in [0.2, 0.25) is 0 Å². The van der Waals surface area contributed by atoms with Crippen LogP contribution in [0.3, 0.4) is 0 Å². The van der Waals surface area contributed by atoms with E-state index >= 15 is 0 Å². The fraction of sp³-hybridized carbons (Fsp3) is 0.571. The predicted molar refractivity (Wildman–Crippen MR) is 70.2 cm³/mol. The fourth-order valence-corrected chi connectivity index (χ4v) is 2.12. The van der Waals surface area contributed by atoms with Gasteiger partial charge in [-0.15, -0.1) is 0 Å². The minimum absolute atomic E-state index is 0.132. The summed E-state index contributed by atoms with van der Waals surface area (Å²) in [4.78, 5) is 0. The number of hydrogen-bond acceptors (Lipinski definition) is 4. The maximum atomic E-state index is 5.93. The first-order valence-corrected chi connectivity index (χ1v) is 6.45. The molecule has 1 fully saturated rings. The van der Waals surface area contributed by atoms with Gasteiger partial charge in [0.25, 0.3) is 0 Å². The Balaban J connectivity index is 2.06. The van der Waals surface area contributed by atoms with Crippen molar-refractivity contribution < 1.29 is 14.2 Å². The standard InChI is InChI=1S/C14H21NO3/c1-16-14-9-11(6-7-15)4-5-13(14)18-12-3-2-8-17-10-12/h4-5,9,12H,2-3,6-8,10,15H2,1H3. The number of benzene rings is 1. The lowest BCUT2D eigenvalue weighted by Crippen LogP contribution is -2.28. The average Bonchev–Trinajstić information content (AvgIpc) is 2.42. The summed E-state index contributed by atoms with van der Waals surface area (Å²) in [6.07, 6.45) is 3.07. The first kappa shape index (κ1) is 13.2. The van der Waals surface area contributed by atoms with Crippen LogP contribution in [-0.2, 0) is 11.2 Å². The largest absolute Gasteiger partial charge is 0.493 e.